The fraction of sp³-hybridized carbons (Fsp3) is 0. The average Bonchev–Trinajstić information content (AvgIpc) is 2.54. The van der Waals surface area contributed by atoms with Gasteiger partial charge < -0.3 is 0 Å². The number of carbonyl (C=O) groups is 2. The van der Waals surface area contributed by atoms with Gasteiger partial charge >= 0.3 is 0 Å². The summed E-state index contributed by atoms with van der Waals surface area (Å²) in [5, 5.41) is 10.7. The molecule has 23 heavy (non-hydrogen) atoms. The maximum absolute atomic E-state index is 13.5. The van der Waals surface area contributed by atoms with E-state index in [1.807, 2.05) is 5.43 Å². The summed E-state index contributed by atoms with van der Waals surface area (Å²) in [7, 11) is 0. The zero-order valence-electron chi connectivity index (χ0n) is 11.4. The average molecular weight is 338 g/mol. The molecule has 0 unspecified atom stereocenters. The van der Waals surface area contributed by atoms with Gasteiger partial charge in [-0.15, -0.1) is 0 Å². The first-order chi connectivity index (χ1) is 10.9. The molecule has 0 aliphatic rings. The van der Waals surface area contributed by atoms with Crippen LogP contribution in [-0.4, -0.2) is 16.7 Å². The number of amides is 2. The van der Waals surface area contributed by atoms with Crippen molar-refractivity contribution in [3.8, 4) is 0 Å². The summed E-state index contributed by atoms with van der Waals surface area (Å²) in [6.45, 7) is 0. The number of nitro benzene ring substituents is 1. The lowest BCUT2D eigenvalue weighted by molar-refractivity contribution is -0.384. The minimum Gasteiger partial charge on any atom is -0.267 e. The number of hydrazine groups is 1. The molecule has 0 radical (unpaired) electrons. The highest BCUT2D eigenvalue weighted by molar-refractivity contribution is 6.31. The van der Waals surface area contributed by atoms with Crippen LogP contribution in [0.5, 0.6) is 0 Å². The Morgan fingerprint density at radius 1 is 1.04 bits per heavy atom. The van der Waals surface area contributed by atoms with Crippen molar-refractivity contribution in [2.24, 2.45) is 0 Å². The standard InChI is InChI=1S/C14H9ClFN3O4/c15-9-3-6-12(16)11(7-9)14(21)18-17-13(20)8-1-4-10(5-2-8)19(22)23/h1-7H,(H,17,20)(H,18,21). The Bertz CT molecular complexity index is 780. The van der Waals surface area contributed by atoms with E-state index < -0.39 is 22.6 Å². The predicted molar refractivity (Wildman–Crippen MR) is 79.4 cm³/mol. The molecule has 0 saturated carbocycles. The molecule has 2 rings (SSSR count). The number of nitrogens with zero attached hydrogens (tertiary/aromatic N) is 1. The number of carbonyl (C=O) groups excluding carboxylic acids is 2. The predicted octanol–water partition coefficient (Wildman–Crippen LogP) is 2.46. The Kier molecular flexibility index (Phi) is 4.87. The first kappa shape index (κ1) is 16.4. The number of rotatable bonds is 3. The lowest BCUT2D eigenvalue weighted by atomic mass is 10.2. The highest BCUT2D eigenvalue weighted by atomic mass is 35.5. The van der Waals surface area contributed by atoms with Crippen LogP contribution in [-0.2, 0) is 0 Å². The quantitative estimate of drug-likeness (QED) is 0.663. The normalized spacial score (nSPS) is 10.0. The van der Waals surface area contributed by atoms with Crippen molar-refractivity contribution in [2.45, 2.75) is 0 Å². The summed E-state index contributed by atoms with van der Waals surface area (Å²) >= 11 is 5.67. The highest BCUT2D eigenvalue weighted by Crippen LogP contribution is 2.15. The fourth-order valence-corrected chi connectivity index (χ4v) is 1.83. The molecular weight excluding hydrogens is 329 g/mol. The van der Waals surface area contributed by atoms with Gasteiger partial charge in [0, 0.05) is 22.7 Å². The lowest BCUT2D eigenvalue weighted by Crippen LogP contribution is -2.41. The van der Waals surface area contributed by atoms with Crippen LogP contribution in [0.4, 0.5) is 10.1 Å². The van der Waals surface area contributed by atoms with Crippen LogP contribution in [0, 0.1) is 15.9 Å². The van der Waals surface area contributed by atoms with E-state index in [0.29, 0.717) is 0 Å². The van der Waals surface area contributed by atoms with Crippen molar-refractivity contribution in [3.05, 3.63) is 74.5 Å². The Morgan fingerprint density at radius 3 is 2.26 bits per heavy atom. The van der Waals surface area contributed by atoms with Crippen molar-refractivity contribution in [1.29, 1.82) is 0 Å². The van der Waals surface area contributed by atoms with Gasteiger partial charge in [0.15, 0.2) is 0 Å². The van der Waals surface area contributed by atoms with E-state index in [-0.39, 0.29) is 21.8 Å². The van der Waals surface area contributed by atoms with Crippen LogP contribution in [0.25, 0.3) is 0 Å². The second-order valence-corrected chi connectivity index (χ2v) is 4.77. The van der Waals surface area contributed by atoms with Crippen LogP contribution in [0.3, 0.4) is 0 Å². The molecule has 9 heteroatoms. The molecule has 2 N–H and O–H groups in total. The molecule has 0 aromatic heterocycles. The van der Waals surface area contributed by atoms with Gasteiger partial charge in [0.05, 0.1) is 10.5 Å². The van der Waals surface area contributed by atoms with Gasteiger partial charge in [-0.1, -0.05) is 11.6 Å². The second-order valence-electron chi connectivity index (χ2n) is 4.34. The summed E-state index contributed by atoms with van der Waals surface area (Å²) in [6.07, 6.45) is 0. The van der Waals surface area contributed by atoms with Crippen LogP contribution in [0.1, 0.15) is 20.7 Å². The summed E-state index contributed by atoms with van der Waals surface area (Å²) in [5.41, 5.74) is 3.69. The SMILES string of the molecule is O=C(NNC(=O)c1cc(Cl)ccc1F)c1ccc([N+](=O)[O-])cc1. The second kappa shape index (κ2) is 6.84. The molecule has 0 aliphatic carbocycles. The molecule has 2 amide bonds. The molecule has 0 fully saturated rings. The molecule has 2 aromatic carbocycles. The van der Waals surface area contributed by atoms with E-state index in [9.17, 15) is 24.1 Å². The largest absolute Gasteiger partial charge is 0.272 e. The number of hydrogen-bond acceptors (Lipinski definition) is 4. The van der Waals surface area contributed by atoms with E-state index in [0.717, 1.165) is 24.3 Å². The van der Waals surface area contributed by atoms with Gasteiger partial charge in [0.2, 0.25) is 0 Å². The van der Waals surface area contributed by atoms with Crippen molar-refractivity contribution >= 4 is 29.1 Å². The minimum absolute atomic E-state index is 0.0856. The number of nitro groups is 1. The summed E-state index contributed by atoms with van der Waals surface area (Å²) in [4.78, 5) is 33.5. The Labute approximate surface area is 134 Å². The van der Waals surface area contributed by atoms with E-state index in [4.69, 9.17) is 11.6 Å². The van der Waals surface area contributed by atoms with Gasteiger partial charge in [-0.3, -0.25) is 30.6 Å². The molecule has 118 valence electrons. The Morgan fingerprint density at radius 2 is 1.65 bits per heavy atom. The fourth-order valence-electron chi connectivity index (χ4n) is 1.66. The zero-order valence-corrected chi connectivity index (χ0v) is 12.1. The topological polar surface area (TPSA) is 101 Å². The van der Waals surface area contributed by atoms with Gasteiger partial charge in [-0.2, -0.15) is 0 Å². The molecule has 0 atom stereocenters. The van der Waals surface area contributed by atoms with Crippen molar-refractivity contribution in [3.63, 3.8) is 0 Å². The maximum Gasteiger partial charge on any atom is 0.272 e. The van der Waals surface area contributed by atoms with Crippen molar-refractivity contribution in [2.75, 3.05) is 0 Å². The molecule has 2 aromatic rings. The van der Waals surface area contributed by atoms with E-state index >= 15 is 0 Å². The lowest BCUT2D eigenvalue weighted by Gasteiger charge is -2.08. The van der Waals surface area contributed by atoms with Crippen molar-refractivity contribution < 1.29 is 18.9 Å². The third-order valence-corrected chi connectivity index (χ3v) is 3.04. The molecule has 0 bridgehead atoms. The van der Waals surface area contributed by atoms with Crippen LogP contribution in [0.2, 0.25) is 5.02 Å². The molecule has 0 aliphatic heterocycles. The van der Waals surface area contributed by atoms with Gasteiger partial charge in [-0.25, -0.2) is 4.39 Å². The zero-order chi connectivity index (χ0) is 17.0. The number of nitrogens with one attached hydrogen (secondary N) is 2. The third-order valence-electron chi connectivity index (χ3n) is 2.80. The minimum atomic E-state index is -0.889. The Balaban J connectivity index is 2.02. The monoisotopic (exact) mass is 337 g/mol. The van der Waals surface area contributed by atoms with Gasteiger partial charge in [0.25, 0.3) is 17.5 Å². The highest BCUT2D eigenvalue weighted by Gasteiger charge is 2.14. The molecule has 0 heterocycles. The Hall–Kier alpha value is -3.00. The number of halogens is 2. The summed E-state index contributed by atoms with van der Waals surface area (Å²) < 4.78 is 13.5. The molecule has 0 saturated heterocycles. The number of benzene rings is 2. The number of non-ortho nitro benzene ring substituents is 1. The molecular formula is C14H9ClFN3O4. The summed E-state index contributed by atoms with van der Waals surface area (Å²) in [6, 6.07) is 8.16. The van der Waals surface area contributed by atoms with Gasteiger partial charge in [0.1, 0.15) is 5.82 Å². The van der Waals surface area contributed by atoms with E-state index in [1.54, 1.807) is 0 Å². The van der Waals surface area contributed by atoms with Gasteiger partial charge in [-0.05, 0) is 30.3 Å². The summed E-state index contributed by atoms with van der Waals surface area (Å²) in [5.74, 6) is -2.40. The molecule has 7 nitrogen and oxygen atoms in total. The van der Waals surface area contributed by atoms with Crippen LogP contribution in [0.15, 0.2) is 42.5 Å². The number of hydrogen-bond donors (Lipinski definition) is 2. The van der Waals surface area contributed by atoms with E-state index in [2.05, 4.69) is 5.43 Å². The van der Waals surface area contributed by atoms with Crippen LogP contribution >= 0.6 is 11.6 Å². The van der Waals surface area contributed by atoms with E-state index in [1.165, 1.54) is 18.2 Å². The maximum atomic E-state index is 13.5. The van der Waals surface area contributed by atoms with Crippen LogP contribution < -0.4 is 10.9 Å². The van der Waals surface area contributed by atoms with Crippen molar-refractivity contribution in [1.82, 2.24) is 10.9 Å². The smallest absolute Gasteiger partial charge is 0.267 e. The first-order valence-electron chi connectivity index (χ1n) is 6.18. The third kappa shape index (κ3) is 4.01. The molecule has 0 spiro atoms. The first-order valence-corrected chi connectivity index (χ1v) is 6.56.